The number of hydrogen-bond donors (Lipinski definition) is 3. The first-order chi connectivity index (χ1) is 11.4. The Morgan fingerprint density at radius 3 is 2.33 bits per heavy atom. The molecule has 0 saturated heterocycles. The van der Waals surface area contributed by atoms with Crippen LogP contribution in [-0.2, 0) is 16.6 Å². The first-order valence-corrected chi connectivity index (χ1v) is 8.87. The van der Waals surface area contributed by atoms with Gasteiger partial charge in [0, 0.05) is 18.9 Å². The van der Waals surface area contributed by atoms with Crippen LogP contribution >= 0.6 is 0 Å². The molecule has 0 spiro atoms. The third-order valence-corrected chi connectivity index (χ3v) is 4.94. The predicted octanol–water partition coefficient (Wildman–Crippen LogP) is 1.55. The summed E-state index contributed by atoms with van der Waals surface area (Å²) in [6.07, 6.45) is 3.35. The SMILES string of the molecule is CNS(=O)(=O)c1ccc(CNC(=O)N[C@@H](C)c2ccncc2)cc1. The molecule has 0 fully saturated rings. The van der Waals surface area contributed by atoms with Gasteiger partial charge in [-0.3, -0.25) is 4.98 Å². The topological polar surface area (TPSA) is 100 Å². The van der Waals surface area contributed by atoms with Crippen LogP contribution in [0.5, 0.6) is 0 Å². The number of nitrogens with one attached hydrogen (secondary N) is 3. The maximum absolute atomic E-state index is 11.9. The third-order valence-electron chi connectivity index (χ3n) is 3.51. The van der Waals surface area contributed by atoms with Crippen LogP contribution in [-0.4, -0.2) is 26.5 Å². The lowest BCUT2D eigenvalue weighted by atomic mass is 10.1. The number of aromatic nitrogens is 1. The van der Waals surface area contributed by atoms with Gasteiger partial charge >= 0.3 is 6.03 Å². The van der Waals surface area contributed by atoms with Crippen molar-refractivity contribution < 1.29 is 13.2 Å². The number of carbonyl (C=O) groups excluding carboxylic acids is 1. The van der Waals surface area contributed by atoms with Gasteiger partial charge in [0.15, 0.2) is 0 Å². The first-order valence-electron chi connectivity index (χ1n) is 7.39. The standard InChI is InChI=1S/C16H20N4O3S/c1-12(14-7-9-18-10-8-14)20-16(21)19-11-13-3-5-15(6-4-13)24(22,23)17-2/h3-10,12,17H,11H2,1-2H3,(H2,19,20,21)/t12-/m0/s1. The van der Waals surface area contributed by atoms with Crippen molar-refractivity contribution in [3.8, 4) is 0 Å². The molecule has 1 aromatic heterocycles. The van der Waals surface area contributed by atoms with E-state index in [1.807, 2.05) is 19.1 Å². The van der Waals surface area contributed by atoms with Crippen LogP contribution in [0.15, 0.2) is 53.7 Å². The highest BCUT2D eigenvalue weighted by Crippen LogP contribution is 2.11. The first kappa shape index (κ1) is 17.9. The summed E-state index contributed by atoms with van der Waals surface area (Å²) in [5, 5.41) is 5.57. The van der Waals surface area contributed by atoms with Crippen molar-refractivity contribution in [3.05, 3.63) is 59.9 Å². The average molecular weight is 348 g/mol. The van der Waals surface area contributed by atoms with Crippen LogP contribution in [0.1, 0.15) is 24.1 Å². The maximum atomic E-state index is 11.9. The highest BCUT2D eigenvalue weighted by molar-refractivity contribution is 7.89. The Morgan fingerprint density at radius 1 is 1.12 bits per heavy atom. The van der Waals surface area contributed by atoms with Crippen molar-refractivity contribution in [2.45, 2.75) is 24.4 Å². The number of nitrogens with zero attached hydrogens (tertiary/aromatic N) is 1. The molecule has 0 unspecified atom stereocenters. The number of amides is 2. The highest BCUT2D eigenvalue weighted by atomic mass is 32.2. The molecule has 2 aromatic rings. The molecule has 24 heavy (non-hydrogen) atoms. The van der Waals surface area contributed by atoms with E-state index < -0.39 is 10.0 Å². The molecule has 128 valence electrons. The van der Waals surface area contributed by atoms with Crippen molar-refractivity contribution in [2.24, 2.45) is 0 Å². The molecule has 1 atom stereocenters. The lowest BCUT2D eigenvalue weighted by Crippen LogP contribution is -2.36. The summed E-state index contributed by atoms with van der Waals surface area (Å²) < 4.78 is 25.5. The van der Waals surface area contributed by atoms with Crippen LogP contribution in [0, 0.1) is 0 Å². The van der Waals surface area contributed by atoms with Gasteiger partial charge in [-0.15, -0.1) is 0 Å². The molecule has 1 aromatic carbocycles. The Kier molecular flexibility index (Phi) is 5.88. The highest BCUT2D eigenvalue weighted by Gasteiger charge is 2.11. The summed E-state index contributed by atoms with van der Waals surface area (Å²) in [4.78, 5) is 16.1. The number of sulfonamides is 1. The van der Waals surface area contributed by atoms with Gasteiger partial charge in [0.05, 0.1) is 10.9 Å². The van der Waals surface area contributed by atoms with Gasteiger partial charge in [-0.1, -0.05) is 12.1 Å². The van der Waals surface area contributed by atoms with Crippen LogP contribution in [0.4, 0.5) is 4.79 Å². The number of pyridine rings is 1. The van der Waals surface area contributed by atoms with Crippen molar-refractivity contribution in [3.63, 3.8) is 0 Å². The van der Waals surface area contributed by atoms with Crippen molar-refractivity contribution in [1.82, 2.24) is 20.3 Å². The summed E-state index contributed by atoms with van der Waals surface area (Å²) in [6.45, 7) is 2.18. The third kappa shape index (κ3) is 4.77. The van der Waals surface area contributed by atoms with Gasteiger partial charge in [-0.2, -0.15) is 0 Å². The number of hydrogen-bond acceptors (Lipinski definition) is 4. The minimum Gasteiger partial charge on any atom is -0.334 e. The van der Waals surface area contributed by atoms with E-state index in [0.717, 1.165) is 11.1 Å². The normalized spacial score (nSPS) is 12.4. The zero-order chi connectivity index (χ0) is 17.6. The Balaban J connectivity index is 1.88. The number of benzene rings is 1. The van der Waals surface area contributed by atoms with E-state index in [1.165, 1.54) is 19.2 Å². The number of carbonyl (C=O) groups is 1. The summed E-state index contributed by atoms with van der Waals surface area (Å²) in [6, 6.07) is 9.56. The molecule has 8 heteroatoms. The van der Waals surface area contributed by atoms with Crippen LogP contribution < -0.4 is 15.4 Å². The Labute approximate surface area is 141 Å². The monoisotopic (exact) mass is 348 g/mol. The zero-order valence-corrected chi connectivity index (χ0v) is 14.3. The van der Waals surface area contributed by atoms with Gasteiger partial charge in [0.25, 0.3) is 0 Å². The minimum atomic E-state index is -3.45. The van der Waals surface area contributed by atoms with Crippen molar-refractivity contribution >= 4 is 16.1 Å². The van der Waals surface area contributed by atoms with E-state index in [0.29, 0.717) is 6.54 Å². The molecule has 0 radical (unpaired) electrons. The molecule has 0 aliphatic carbocycles. The molecule has 0 aliphatic rings. The van der Waals surface area contributed by atoms with Gasteiger partial charge in [0.1, 0.15) is 0 Å². The van der Waals surface area contributed by atoms with E-state index in [1.54, 1.807) is 24.5 Å². The zero-order valence-electron chi connectivity index (χ0n) is 13.5. The predicted molar refractivity (Wildman–Crippen MR) is 90.7 cm³/mol. The van der Waals surface area contributed by atoms with E-state index in [2.05, 4.69) is 20.3 Å². The van der Waals surface area contributed by atoms with Crippen molar-refractivity contribution in [2.75, 3.05) is 7.05 Å². The van der Waals surface area contributed by atoms with Crippen LogP contribution in [0.2, 0.25) is 0 Å². The minimum absolute atomic E-state index is 0.142. The fourth-order valence-corrected chi connectivity index (χ4v) is 2.80. The average Bonchev–Trinajstić information content (AvgIpc) is 2.61. The number of rotatable bonds is 6. The molecule has 0 bridgehead atoms. The second kappa shape index (κ2) is 7.89. The Morgan fingerprint density at radius 2 is 1.75 bits per heavy atom. The molecule has 2 amide bonds. The van der Waals surface area contributed by atoms with Gasteiger partial charge in [-0.05, 0) is 49.4 Å². The van der Waals surface area contributed by atoms with Gasteiger partial charge in [0.2, 0.25) is 10.0 Å². The molecule has 7 nitrogen and oxygen atoms in total. The molecule has 1 heterocycles. The van der Waals surface area contributed by atoms with E-state index in [9.17, 15) is 13.2 Å². The van der Waals surface area contributed by atoms with Gasteiger partial charge in [-0.25, -0.2) is 17.9 Å². The summed E-state index contributed by atoms with van der Waals surface area (Å²) >= 11 is 0. The molecule has 2 rings (SSSR count). The fourth-order valence-electron chi connectivity index (χ4n) is 2.07. The Hall–Kier alpha value is -2.45. The largest absolute Gasteiger partial charge is 0.334 e. The van der Waals surface area contributed by atoms with E-state index in [4.69, 9.17) is 0 Å². The van der Waals surface area contributed by atoms with Gasteiger partial charge < -0.3 is 10.6 Å². The van der Waals surface area contributed by atoms with E-state index >= 15 is 0 Å². The maximum Gasteiger partial charge on any atom is 0.315 e. The van der Waals surface area contributed by atoms with Crippen LogP contribution in [0.25, 0.3) is 0 Å². The summed E-state index contributed by atoms with van der Waals surface area (Å²) in [5.74, 6) is 0. The lowest BCUT2D eigenvalue weighted by Gasteiger charge is -2.15. The van der Waals surface area contributed by atoms with Crippen LogP contribution in [0.3, 0.4) is 0 Å². The number of urea groups is 1. The van der Waals surface area contributed by atoms with Crippen molar-refractivity contribution in [1.29, 1.82) is 0 Å². The smallest absolute Gasteiger partial charge is 0.315 e. The second-order valence-electron chi connectivity index (χ2n) is 5.18. The lowest BCUT2D eigenvalue weighted by molar-refractivity contribution is 0.237. The quantitative estimate of drug-likeness (QED) is 0.737. The second-order valence-corrected chi connectivity index (χ2v) is 7.07. The molecular formula is C16H20N4O3S. The molecular weight excluding hydrogens is 328 g/mol. The molecule has 0 saturated carbocycles. The molecule has 3 N–H and O–H groups in total. The Bertz CT molecular complexity index is 777. The fraction of sp³-hybridized carbons (Fsp3) is 0.250. The molecule has 0 aliphatic heterocycles. The van der Waals surface area contributed by atoms with E-state index in [-0.39, 0.29) is 17.0 Å². The summed E-state index contributed by atoms with van der Waals surface area (Å²) in [5.41, 5.74) is 1.76. The summed E-state index contributed by atoms with van der Waals surface area (Å²) in [7, 11) is -2.09.